The topological polar surface area (TPSA) is 77.5 Å². The van der Waals surface area contributed by atoms with E-state index in [4.69, 9.17) is 4.74 Å². The first-order valence-corrected chi connectivity index (χ1v) is 10.8. The highest BCUT2D eigenvalue weighted by Gasteiger charge is 2.16. The lowest BCUT2D eigenvalue weighted by molar-refractivity contribution is -0.143. The minimum atomic E-state index is -3.37. The first kappa shape index (κ1) is 20.3. The van der Waals surface area contributed by atoms with E-state index in [0.717, 1.165) is 9.75 Å². The van der Waals surface area contributed by atoms with Gasteiger partial charge >= 0.3 is 5.97 Å². The number of ether oxygens (including phenoxy) is 1. The first-order chi connectivity index (χ1) is 12.3. The molecule has 0 saturated heterocycles. The molecular weight excluding hydrogens is 372 g/mol. The van der Waals surface area contributed by atoms with Crippen molar-refractivity contribution in [2.75, 3.05) is 12.4 Å². The zero-order valence-electron chi connectivity index (χ0n) is 14.9. The SMILES string of the molecule is Cc1cc(C(=O)CCC(=O)OCCCS(=O)(=O)c2ccccc2)c(C)s1. The molecule has 0 atom stereocenters. The normalized spacial score (nSPS) is 11.3. The molecule has 0 aliphatic rings. The van der Waals surface area contributed by atoms with Crippen LogP contribution in [0.2, 0.25) is 0 Å². The molecule has 0 aliphatic carbocycles. The number of benzene rings is 1. The molecule has 0 radical (unpaired) electrons. The van der Waals surface area contributed by atoms with Crippen molar-refractivity contribution < 1.29 is 22.7 Å². The molecule has 0 amide bonds. The number of carbonyl (C=O) groups excluding carboxylic acids is 2. The molecule has 0 N–H and O–H groups in total. The molecule has 0 saturated carbocycles. The Labute approximate surface area is 157 Å². The average Bonchev–Trinajstić information content (AvgIpc) is 2.96. The molecular formula is C19H22O5S2. The molecule has 5 nitrogen and oxygen atoms in total. The number of hydrogen-bond acceptors (Lipinski definition) is 6. The maximum Gasteiger partial charge on any atom is 0.306 e. The van der Waals surface area contributed by atoms with Crippen LogP contribution >= 0.6 is 11.3 Å². The highest BCUT2D eigenvalue weighted by Crippen LogP contribution is 2.22. The molecule has 1 aromatic heterocycles. The van der Waals surface area contributed by atoms with Gasteiger partial charge in [0.2, 0.25) is 0 Å². The van der Waals surface area contributed by atoms with Crippen molar-refractivity contribution >= 4 is 32.9 Å². The fourth-order valence-electron chi connectivity index (χ4n) is 2.51. The zero-order chi connectivity index (χ0) is 19.2. The van der Waals surface area contributed by atoms with Gasteiger partial charge in [-0.2, -0.15) is 0 Å². The van der Waals surface area contributed by atoms with Gasteiger partial charge in [-0.05, 0) is 38.5 Å². The Kier molecular flexibility index (Phi) is 7.11. The number of esters is 1. The van der Waals surface area contributed by atoms with Crippen LogP contribution in [-0.2, 0) is 19.4 Å². The van der Waals surface area contributed by atoms with E-state index in [1.54, 1.807) is 41.7 Å². The fraction of sp³-hybridized carbons (Fsp3) is 0.368. The molecule has 26 heavy (non-hydrogen) atoms. The van der Waals surface area contributed by atoms with Crippen LogP contribution in [0.4, 0.5) is 0 Å². The van der Waals surface area contributed by atoms with E-state index in [1.165, 1.54) is 0 Å². The second-order valence-electron chi connectivity index (χ2n) is 5.96. The number of aryl methyl sites for hydroxylation is 2. The lowest BCUT2D eigenvalue weighted by Crippen LogP contribution is -2.13. The van der Waals surface area contributed by atoms with Crippen LogP contribution in [0.5, 0.6) is 0 Å². The van der Waals surface area contributed by atoms with E-state index in [1.807, 2.05) is 19.9 Å². The lowest BCUT2D eigenvalue weighted by atomic mass is 10.1. The third-order valence-electron chi connectivity index (χ3n) is 3.82. The van der Waals surface area contributed by atoms with Crippen LogP contribution in [0.15, 0.2) is 41.3 Å². The van der Waals surface area contributed by atoms with E-state index in [9.17, 15) is 18.0 Å². The highest BCUT2D eigenvalue weighted by molar-refractivity contribution is 7.91. The number of thiophene rings is 1. The van der Waals surface area contributed by atoms with Crippen LogP contribution in [0, 0.1) is 13.8 Å². The zero-order valence-corrected chi connectivity index (χ0v) is 16.5. The molecule has 1 heterocycles. The Bertz CT molecular complexity index is 867. The summed E-state index contributed by atoms with van der Waals surface area (Å²) in [5.74, 6) is -0.646. The predicted molar refractivity (Wildman–Crippen MR) is 101 cm³/mol. The highest BCUT2D eigenvalue weighted by atomic mass is 32.2. The van der Waals surface area contributed by atoms with E-state index in [2.05, 4.69) is 0 Å². The van der Waals surface area contributed by atoms with E-state index in [-0.39, 0.29) is 42.3 Å². The molecule has 1 aromatic carbocycles. The second-order valence-corrected chi connectivity index (χ2v) is 9.53. The Morgan fingerprint density at radius 3 is 2.38 bits per heavy atom. The smallest absolute Gasteiger partial charge is 0.306 e. The maximum absolute atomic E-state index is 12.1. The molecule has 140 valence electrons. The summed E-state index contributed by atoms with van der Waals surface area (Å²) in [5.41, 5.74) is 0.661. The summed E-state index contributed by atoms with van der Waals surface area (Å²) in [6.07, 6.45) is 0.316. The molecule has 0 spiro atoms. The number of ketones is 1. The van der Waals surface area contributed by atoms with Crippen molar-refractivity contribution in [1.82, 2.24) is 0 Å². The summed E-state index contributed by atoms with van der Waals surface area (Å²) in [6, 6.07) is 10.0. The van der Waals surface area contributed by atoms with Gasteiger partial charge in [0.15, 0.2) is 15.6 Å². The third kappa shape index (κ3) is 5.78. The van der Waals surface area contributed by atoms with Crippen LogP contribution in [-0.4, -0.2) is 32.5 Å². The van der Waals surface area contributed by atoms with Gasteiger partial charge in [0.05, 0.1) is 23.7 Å². The van der Waals surface area contributed by atoms with E-state index < -0.39 is 15.8 Å². The number of sulfone groups is 1. The summed E-state index contributed by atoms with van der Waals surface area (Å²) in [4.78, 5) is 26.1. The average molecular weight is 395 g/mol. The molecule has 0 fully saturated rings. The lowest BCUT2D eigenvalue weighted by Gasteiger charge is -2.06. The number of hydrogen-bond donors (Lipinski definition) is 0. The van der Waals surface area contributed by atoms with Crippen molar-refractivity contribution in [2.24, 2.45) is 0 Å². The molecule has 2 rings (SSSR count). The Morgan fingerprint density at radius 1 is 1.08 bits per heavy atom. The van der Waals surface area contributed by atoms with E-state index in [0.29, 0.717) is 5.56 Å². The van der Waals surface area contributed by atoms with Crippen molar-refractivity contribution in [2.45, 2.75) is 38.0 Å². The standard InChI is InChI=1S/C19H22O5S2/c1-14-13-17(15(2)25-14)18(20)9-10-19(21)24-11-6-12-26(22,23)16-7-4-3-5-8-16/h3-5,7-8,13H,6,9-12H2,1-2H3. The number of rotatable bonds is 9. The fourth-order valence-corrected chi connectivity index (χ4v) is 4.76. The Hall–Kier alpha value is -1.99. The van der Waals surface area contributed by atoms with Gasteiger partial charge in [0, 0.05) is 21.7 Å². The number of carbonyl (C=O) groups is 2. The Balaban J connectivity index is 1.71. The molecule has 2 aromatic rings. The van der Waals surface area contributed by atoms with Gasteiger partial charge in [-0.3, -0.25) is 9.59 Å². The van der Waals surface area contributed by atoms with Gasteiger partial charge in [-0.15, -0.1) is 11.3 Å². The monoisotopic (exact) mass is 394 g/mol. The Morgan fingerprint density at radius 2 is 1.77 bits per heavy atom. The van der Waals surface area contributed by atoms with Gasteiger partial charge in [0.1, 0.15) is 0 Å². The maximum atomic E-state index is 12.1. The third-order valence-corrected chi connectivity index (χ3v) is 6.60. The summed E-state index contributed by atoms with van der Waals surface area (Å²) < 4.78 is 29.2. The molecule has 0 aliphatic heterocycles. The molecule has 0 unspecified atom stereocenters. The van der Waals surface area contributed by atoms with Crippen LogP contribution in [0.1, 0.15) is 39.4 Å². The van der Waals surface area contributed by atoms with Crippen LogP contribution in [0.3, 0.4) is 0 Å². The van der Waals surface area contributed by atoms with E-state index >= 15 is 0 Å². The summed E-state index contributed by atoms with van der Waals surface area (Å²) >= 11 is 1.56. The van der Waals surface area contributed by atoms with Gasteiger partial charge in [-0.1, -0.05) is 18.2 Å². The van der Waals surface area contributed by atoms with Crippen molar-refractivity contribution in [1.29, 1.82) is 0 Å². The molecule has 0 bridgehead atoms. The first-order valence-electron chi connectivity index (χ1n) is 8.33. The van der Waals surface area contributed by atoms with Crippen LogP contribution in [0.25, 0.3) is 0 Å². The minimum Gasteiger partial charge on any atom is -0.466 e. The van der Waals surface area contributed by atoms with Crippen molar-refractivity contribution in [3.63, 3.8) is 0 Å². The second kappa shape index (κ2) is 9.09. The van der Waals surface area contributed by atoms with Gasteiger partial charge in [0.25, 0.3) is 0 Å². The molecule has 7 heteroatoms. The van der Waals surface area contributed by atoms with Crippen LogP contribution < -0.4 is 0 Å². The summed E-state index contributed by atoms with van der Waals surface area (Å²) in [7, 11) is -3.37. The summed E-state index contributed by atoms with van der Waals surface area (Å²) in [5, 5.41) is 0. The van der Waals surface area contributed by atoms with Crippen molar-refractivity contribution in [3.8, 4) is 0 Å². The quantitative estimate of drug-likeness (QED) is 0.368. The predicted octanol–water partition coefficient (Wildman–Crippen LogP) is 3.74. The van der Waals surface area contributed by atoms with Gasteiger partial charge in [-0.25, -0.2) is 8.42 Å². The largest absolute Gasteiger partial charge is 0.466 e. The minimum absolute atomic E-state index is 0.00139. The summed E-state index contributed by atoms with van der Waals surface area (Å²) in [6.45, 7) is 3.85. The van der Waals surface area contributed by atoms with Gasteiger partial charge < -0.3 is 4.74 Å². The van der Waals surface area contributed by atoms with Crippen molar-refractivity contribution in [3.05, 3.63) is 51.7 Å². The number of Topliss-reactive ketones (excluding diaryl/α,β-unsaturated/α-hetero) is 1.